The third kappa shape index (κ3) is 1.91. The van der Waals surface area contributed by atoms with Crippen LogP contribution in [0.4, 0.5) is 0 Å². The molecule has 0 spiro atoms. The molecule has 0 amide bonds. The van der Waals surface area contributed by atoms with E-state index < -0.39 is 0 Å². The molecule has 1 N–H and O–H groups in total. The summed E-state index contributed by atoms with van der Waals surface area (Å²) in [4.78, 5) is 4.39. The van der Waals surface area contributed by atoms with Gasteiger partial charge in [0, 0.05) is 11.7 Å². The highest BCUT2D eigenvalue weighted by Gasteiger charge is 2.13. The van der Waals surface area contributed by atoms with Crippen molar-refractivity contribution in [3.8, 4) is 6.07 Å². The van der Waals surface area contributed by atoms with Crippen molar-refractivity contribution in [2.75, 3.05) is 7.05 Å². The Morgan fingerprint density at radius 1 is 1.50 bits per heavy atom. The van der Waals surface area contributed by atoms with Crippen LogP contribution in [-0.4, -0.2) is 12.0 Å². The van der Waals surface area contributed by atoms with Crippen LogP contribution in [-0.2, 0) is 0 Å². The van der Waals surface area contributed by atoms with Gasteiger partial charge in [-0.15, -0.1) is 0 Å². The summed E-state index contributed by atoms with van der Waals surface area (Å²) in [6.07, 6.45) is 0. The van der Waals surface area contributed by atoms with E-state index >= 15 is 0 Å². The summed E-state index contributed by atoms with van der Waals surface area (Å²) in [6, 6.07) is 4.25. The topological polar surface area (TPSA) is 48.7 Å². The van der Waals surface area contributed by atoms with Gasteiger partial charge in [0.25, 0.3) is 0 Å². The Labute approximate surface area is 84.8 Å². The van der Waals surface area contributed by atoms with Gasteiger partial charge in [-0.1, -0.05) is 0 Å². The van der Waals surface area contributed by atoms with Gasteiger partial charge >= 0.3 is 0 Å². The van der Waals surface area contributed by atoms with E-state index in [1.54, 1.807) is 0 Å². The first-order valence-corrected chi connectivity index (χ1v) is 4.65. The van der Waals surface area contributed by atoms with Crippen molar-refractivity contribution in [3.05, 3.63) is 28.6 Å². The van der Waals surface area contributed by atoms with Gasteiger partial charge in [0.05, 0.1) is 11.3 Å². The largest absolute Gasteiger partial charge is 0.312 e. The Morgan fingerprint density at radius 3 is 2.64 bits per heavy atom. The summed E-state index contributed by atoms with van der Waals surface area (Å²) >= 11 is 0. The zero-order valence-electron chi connectivity index (χ0n) is 9.05. The lowest BCUT2D eigenvalue weighted by Crippen LogP contribution is -2.16. The first kappa shape index (κ1) is 10.7. The maximum atomic E-state index is 9.02. The first-order chi connectivity index (χ1) is 6.60. The number of pyridine rings is 1. The minimum atomic E-state index is 0.114. The van der Waals surface area contributed by atoms with Crippen molar-refractivity contribution in [3.63, 3.8) is 0 Å². The van der Waals surface area contributed by atoms with E-state index in [1.807, 2.05) is 33.9 Å². The van der Waals surface area contributed by atoms with Crippen LogP contribution in [0.3, 0.4) is 0 Å². The summed E-state index contributed by atoms with van der Waals surface area (Å²) in [5, 5.41) is 12.1. The molecule has 0 aromatic carbocycles. The molecule has 1 aromatic heterocycles. The molecule has 1 atom stereocenters. The third-order valence-electron chi connectivity index (χ3n) is 2.33. The summed E-state index contributed by atoms with van der Waals surface area (Å²) < 4.78 is 0. The Bertz CT molecular complexity index is 377. The van der Waals surface area contributed by atoms with Crippen LogP contribution in [0.1, 0.15) is 35.5 Å². The number of nitriles is 1. The van der Waals surface area contributed by atoms with E-state index in [9.17, 15) is 0 Å². The molecular formula is C11H15N3. The molecule has 1 heterocycles. The lowest BCUT2D eigenvalue weighted by atomic mass is 10.0. The molecule has 0 bridgehead atoms. The highest BCUT2D eigenvalue weighted by Crippen LogP contribution is 2.18. The lowest BCUT2D eigenvalue weighted by Gasteiger charge is -2.13. The Kier molecular flexibility index (Phi) is 3.21. The molecule has 0 aliphatic carbocycles. The Morgan fingerprint density at radius 2 is 2.14 bits per heavy atom. The fourth-order valence-electron chi connectivity index (χ4n) is 1.46. The lowest BCUT2D eigenvalue weighted by molar-refractivity contribution is 0.628. The van der Waals surface area contributed by atoms with E-state index in [2.05, 4.69) is 16.4 Å². The van der Waals surface area contributed by atoms with Crippen molar-refractivity contribution >= 4 is 0 Å². The smallest absolute Gasteiger partial charge is 0.101 e. The molecule has 3 nitrogen and oxygen atoms in total. The molecule has 3 heteroatoms. The Hall–Kier alpha value is -1.40. The molecule has 0 saturated heterocycles. The van der Waals surface area contributed by atoms with Gasteiger partial charge in [0.2, 0.25) is 0 Å². The Balaban J connectivity index is 3.34. The molecule has 0 unspecified atom stereocenters. The minimum absolute atomic E-state index is 0.114. The van der Waals surface area contributed by atoms with Crippen LogP contribution in [0, 0.1) is 25.2 Å². The number of nitrogens with zero attached hydrogens (tertiary/aromatic N) is 2. The van der Waals surface area contributed by atoms with Crippen LogP contribution in [0.15, 0.2) is 6.07 Å². The number of hydrogen-bond donors (Lipinski definition) is 1. The van der Waals surface area contributed by atoms with Crippen LogP contribution in [0.2, 0.25) is 0 Å². The van der Waals surface area contributed by atoms with Gasteiger partial charge in [-0.2, -0.15) is 5.26 Å². The maximum absolute atomic E-state index is 9.02. The molecule has 1 aromatic rings. The van der Waals surface area contributed by atoms with E-state index in [-0.39, 0.29) is 6.04 Å². The SMILES string of the molecule is CN[C@@H](C)c1nc(C)cc(C)c1C#N. The van der Waals surface area contributed by atoms with E-state index in [4.69, 9.17) is 5.26 Å². The monoisotopic (exact) mass is 189 g/mol. The zero-order valence-corrected chi connectivity index (χ0v) is 9.05. The van der Waals surface area contributed by atoms with Crippen molar-refractivity contribution in [2.24, 2.45) is 0 Å². The van der Waals surface area contributed by atoms with Gasteiger partial charge in [-0.05, 0) is 39.4 Å². The van der Waals surface area contributed by atoms with Crippen molar-refractivity contribution < 1.29 is 0 Å². The second kappa shape index (κ2) is 4.21. The van der Waals surface area contributed by atoms with Crippen molar-refractivity contribution in [1.29, 1.82) is 5.26 Å². The van der Waals surface area contributed by atoms with Gasteiger partial charge < -0.3 is 5.32 Å². The van der Waals surface area contributed by atoms with Crippen molar-refractivity contribution in [1.82, 2.24) is 10.3 Å². The van der Waals surface area contributed by atoms with E-state index in [0.717, 1.165) is 17.0 Å². The second-order valence-corrected chi connectivity index (χ2v) is 3.46. The highest BCUT2D eigenvalue weighted by molar-refractivity contribution is 5.42. The van der Waals surface area contributed by atoms with Crippen LogP contribution >= 0.6 is 0 Å². The zero-order chi connectivity index (χ0) is 10.7. The minimum Gasteiger partial charge on any atom is -0.312 e. The normalized spacial score (nSPS) is 12.2. The quantitative estimate of drug-likeness (QED) is 0.772. The summed E-state index contributed by atoms with van der Waals surface area (Å²) in [7, 11) is 1.87. The molecule has 0 saturated carbocycles. The standard InChI is InChI=1S/C11H15N3/c1-7-5-8(2)14-11(9(3)13-4)10(7)6-12/h5,9,13H,1-4H3/t9-/m0/s1. The average molecular weight is 189 g/mol. The summed E-state index contributed by atoms with van der Waals surface area (Å²) in [5.74, 6) is 0. The van der Waals surface area contributed by atoms with Crippen LogP contribution in [0.5, 0.6) is 0 Å². The predicted molar refractivity (Wildman–Crippen MR) is 55.9 cm³/mol. The van der Waals surface area contributed by atoms with E-state index in [0.29, 0.717) is 5.56 Å². The molecule has 1 rings (SSSR count). The average Bonchev–Trinajstić information content (AvgIpc) is 2.15. The highest BCUT2D eigenvalue weighted by atomic mass is 14.9. The summed E-state index contributed by atoms with van der Waals surface area (Å²) in [6.45, 7) is 5.89. The second-order valence-electron chi connectivity index (χ2n) is 3.46. The van der Waals surface area contributed by atoms with Gasteiger partial charge in [0.1, 0.15) is 6.07 Å². The maximum Gasteiger partial charge on any atom is 0.101 e. The molecule has 0 aliphatic heterocycles. The molecular weight excluding hydrogens is 174 g/mol. The summed E-state index contributed by atoms with van der Waals surface area (Å²) in [5.41, 5.74) is 3.49. The first-order valence-electron chi connectivity index (χ1n) is 4.65. The fraction of sp³-hybridized carbons (Fsp3) is 0.455. The molecule has 0 aliphatic rings. The number of nitrogens with one attached hydrogen (secondary N) is 1. The van der Waals surface area contributed by atoms with Gasteiger partial charge in [0.15, 0.2) is 0 Å². The van der Waals surface area contributed by atoms with Crippen LogP contribution in [0.25, 0.3) is 0 Å². The number of aryl methyl sites for hydroxylation is 2. The van der Waals surface area contributed by atoms with Gasteiger partial charge in [-0.25, -0.2) is 0 Å². The number of hydrogen-bond acceptors (Lipinski definition) is 3. The number of rotatable bonds is 2. The predicted octanol–water partition coefficient (Wildman–Crippen LogP) is 1.85. The molecule has 0 fully saturated rings. The van der Waals surface area contributed by atoms with Gasteiger partial charge in [-0.3, -0.25) is 4.98 Å². The van der Waals surface area contributed by atoms with Crippen molar-refractivity contribution in [2.45, 2.75) is 26.8 Å². The number of aromatic nitrogens is 1. The molecule has 74 valence electrons. The molecule has 14 heavy (non-hydrogen) atoms. The van der Waals surface area contributed by atoms with E-state index in [1.165, 1.54) is 0 Å². The fourth-order valence-corrected chi connectivity index (χ4v) is 1.46. The van der Waals surface area contributed by atoms with Crippen LogP contribution < -0.4 is 5.32 Å². The third-order valence-corrected chi connectivity index (χ3v) is 2.33. The molecule has 0 radical (unpaired) electrons.